The summed E-state index contributed by atoms with van der Waals surface area (Å²) in [6, 6.07) is 28.9. The second kappa shape index (κ2) is 6.73. The lowest BCUT2D eigenvalue weighted by Gasteiger charge is -2.20. The first-order valence-corrected chi connectivity index (χ1v) is 8.28. The number of rotatable bonds is 4. The molecule has 0 N–H and O–H groups in total. The average molecular weight is 327 g/mol. The van der Waals surface area contributed by atoms with Gasteiger partial charge in [0.25, 0.3) is 0 Å². The minimum atomic E-state index is -0.583. The number of nitrogens with zero attached hydrogens (tertiary/aromatic N) is 1. The number of benzene rings is 3. The van der Waals surface area contributed by atoms with E-state index in [-0.39, 0.29) is 11.9 Å². The molecule has 122 valence electrons. The second-order valence-electron chi connectivity index (χ2n) is 5.97. The summed E-state index contributed by atoms with van der Waals surface area (Å²) in [6.45, 7) is 0. The van der Waals surface area contributed by atoms with Crippen LogP contribution in [0.4, 0.5) is 0 Å². The number of hydrogen-bond donors (Lipinski definition) is 0. The number of carbonyl (C=O) groups is 1. The van der Waals surface area contributed by atoms with Gasteiger partial charge in [-0.15, -0.1) is 0 Å². The highest BCUT2D eigenvalue weighted by Gasteiger charge is 2.38. The van der Waals surface area contributed by atoms with Crippen LogP contribution in [0.1, 0.15) is 22.6 Å². The van der Waals surface area contributed by atoms with E-state index in [1.54, 1.807) is 0 Å². The maximum atomic E-state index is 12.6. The predicted molar refractivity (Wildman–Crippen MR) is 97.6 cm³/mol. The fourth-order valence-electron chi connectivity index (χ4n) is 3.16. The van der Waals surface area contributed by atoms with E-state index in [0.717, 1.165) is 16.7 Å². The fraction of sp³-hybridized carbons (Fsp3) is 0.0909. The molecular weight excluding hydrogens is 310 g/mol. The van der Waals surface area contributed by atoms with Gasteiger partial charge in [0.2, 0.25) is 5.90 Å². The largest absolute Gasteiger partial charge is 0.406 e. The molecule has 0 radical (unpaired) electrons. The van der Waals surface area contributed by atoms with Crippen molar-refractivity contribution < 1.29 is 9.53 Å². The van der Waals surface area contributed by atoms with E-state index in [2.05, 4.69) is 4.99 Å². The lowest BCUT2D eigenvalue weighted by molar-refractivity contribution is -0.135. The van der Waals surface area contributed by atoms with Gasteiger partial charge in [-0.25, -0.2) is 9.79 Å². The van der Waals surface area contributed by atoms with Gasteiger partial charge in [-0.1, -0.05) is 78.9 Å². The minimum Gasteiger partial charge on any atom is -0.406 e. The fourth-order valence-corrected chi connectivity index (χ4v) is 3.16. The van der Waals surface area contributed by atoms with Gasteiger partial charge in [-0.3, -0.25) is 0 Å². The normalized spacial score (nSPS) is 16.6. The molecule has 0 saturated carbocycles. The Balaban J connectivity index is 1.77. The van der Waals surface area contributed by atoms with Gasteiger partial charge in [-0.05, 0) is 23.3 Å². The van der Waals surface area contributed by atoms with Crippen LogP contribution in [0.2, 0.25) is 0 Å². The third kappa shape index (κ3) is 3.09. The van der Waals surface area contributed by atoms with Crippen LogP contribution in [0, 0.1) is 0 Å². The molecular formula is C22H17NO2. The van der Waals surface area contributed by atoms with Crippen molar-refractivity contribution in [3.63, 3.8) is 0 Å². The van der Waals surface area contributed by atoms with Crippen LogP contribution in [-0.4, -0.2) is 17.9 Å². The SMILES string of the molecule is O=C1OC(c2ccccc2)=NC1C(c1ccccc1)c1ccccc1. The van der Waals surface area contributed by atoms with Gasteiger partial charge >= 0.3 is 5.97 Å². The molecule has 0 fully saturated rings. The number of cyclic esters (lactones) is 1. The topological polar surface area (TPSA) is 38.7 Å². The summed E-state index contributed by atoms with van der Waals surface area (Å²) in [7, 11) is 0. The van der Waals surface area contributed by atoms with E-state index in [1.807, 2.05) is 91.0 Å². The van der Waals surface area contributed by atoms with E-state index in [0.29, 0.717) is 5.90 Å². The molecule has 1 aliphatic heterocycles. The Bertz CT molecular complexity index is 850. The Morgan fingerprint density at radius 1 is 0.720 bits per heavy atom. The van der Waals surface area contributed by atoms with Crippen molar-refractivity contribution >= 4 is 11.9 Å². The Morgan fingerprint density at radius 3 is 1.72 bits per heavy atom. The zero-order valence-electron chi connectivity index (χ0n) is 13.6. The first-order chi connectivity index (χ1) is 12.3. The van der Waals surface area contributed by atoms with Crippen LogP contribution in [0.25, 0.3) is 0 Å². The minimum absolute atomic E-state index is 0.170. The molecule has 3 heteroatoms. The molecule has 1 heterocycles. The predicted octanol–water partition coefficient (Wildman–Crippen LogP) is 4.19. The summed E-state index contributed by atoms with van der Waals surface area (Å²) in [6.07, 6.45) is 0. The maximum absolute atomic E-state index is 12.6. The lowest BCUT2D eigenvalue weighted by Crippen LogP contribution is -2.24. The molecule has 0 bridgehead atoms. The van der Waals surface area contributed by atoms with Crippen molar-refractivity contribution in [2.24, 2.45) is 4.99 Å². The molecule has 25 heavy (non-hydrogen) atoms. The lowest BCUT2D eigenvalue weighted by atomic mass is 9.85. The molecule has 3 aromatic carbocycles. The number of esters is 1. The summed E-state index contributed by atoms with van der Waals surface area (Å²) >= 11 is 0. The molecule has 0 aromatic heterocycles. The van der Waals surface area contributed by atoms with Crippen molar-refractivity contribution in [2.75, 3.05) is 0 Å². The van der Waals surface area contributed by atoms with Crippen LogP contribution >= 0.6 is 0 Å². The molecule has 3 aromatic rings. The highest BCUT2D eigenvalue weighted by atomic mass is 16.6. The zero-order valence-corrected chi connectivity index (χ0v) is 13.6. The van der Waals surface area contributed by atoms with Crippen LogP contribution in [-0.2, 0) is 9.53 Å². The van der Waals surface area contributed by atoms with Crippen LogP contribution in [0.15, 0.2) is 96.0 Å². The van der Waals surface area contributed by atoms with Gasteiger partial charge in [-0.2, -0.15) is 0 Å². The van der Waals surface area contributed by atoms with E-state index in [1.165, 1.54) is 0 Å². The van der Waals surface area contributed by atoms with E-state index in [4.69, 9.17) is 4.74 Å². The summed E-state index contributed by atoms with van der Waals surface area (Å²) in [5.74, 6) is -0.0832. The van der Waals surface area contributed by atoms with Gasteiger partial charge in [0, 0.05) is 11.5 Å². The third-order valence-corrected chi connectivity index (χ3v) is 4.35. The van der Waals surface area contributed by atoms with Gasteiger partial charge in [0.1, 0.15) is 0 Å². The van der Waals surface area contributed by atoms with Crippen molar-refractivity contribution in [3.05, 3.63) is 108 Å². The standard InChI is InChI=1S/C22H17NO2/c24-22-20(23-21(25-22)18-14-8-3-9-15-18)19(16-10-4-1-5-11-16)17-12-6-2-7-13-17/h1-15,19-20H. The van der Waals surface area contributed by atoms with Crippen LogP contribution < -0.4 is 0 Å². The smallest absolute Gasteiger partial charge is 0.338 e. The maximum Gasteiger partial charge on any atom is 0.338 e. The molecule has 0 spiro atoms. The number of carbonyl (C=O) groups excluding carboxylic acids is 1. The molecule has 0 aliphatic carbocycles. The molecule has 1 aliphatic rings. The highest BCUT2D eigenvalue weighted by molar-refractivity contribution is 6.06. The first-order valence-electron chi connectivity index (χ1n) is 8.28. The van der Waals surface area contributed by atoms with Crippen molar-refractivity contribution in [2.45, 2.75) is 12.0 Å². The highest BCUT2D eigenvalue weighted by Crippen LogP contribution is 2.33. The second-order valence-corrected chi connectivity index (χ2v) is 5.97. The molecule has 0 saturated heterocycles. The Labute approximate surface area is 146 Å². The summed E-state index contributed by atoms with van der Waals surface area (Å²) in [5, 5.41) is 0. The van der Waals surface area contributed by atoms with Crippen molar-refractivity contribution in [1.82, 2.24) is 0 Å². The van der Waals surface area contributed by atoms with Crippen LogP contribution in [0.3, 0.4) is 0 Å². The van der Waals surface area contributed by atoms with E-state index >= 15 is 0 Å². The number of aliphatic imine (C=N–C) groups is 1. The number of ether oxygens (including phenoxy) is 1. The van der Waals surface area contributed by atoms with Crippen molar-refractivity contribution in [1.29, 1.82) is 0 Å². The molecule has 3 nitrogen and oxygen atoms in total. The Morgan fingerprint density at radius 2 is 1.20 bits per heavy atom. The summed E-state index contributed by atoms with van der Waals surface area (Å²) in [5.41, 5.74) is 2.92. The average Bonchev–Trinajstić information content (AvgIpc) is 3.06. The van der Waals surface area contributed by atoms with E-state index < -0.39 is 6.04 Å². The molecule has 1 unspecified atom stereocenters. The van der Waals surface area contributed by atoms with Gasteiger partial charge < -0.3 is 4.74 Å². The van der Waals surface area contributed by atoms with Crippen molar-refractivity contribution in [3.8, 4) is 0 Å². The quantitative estimate of drug-likeness (QED) is 0.674. The number of hydrogen-bond acceptors (Lipinski definition) is 3. The molecule has 4 rings (SSSR count). The Hall–Kier alpha value is -3.20. The monoisotopic (exact) mass is 327 g/mol. The zero-order chi connectivity index (χ0) is 17.1. The first kappa shape index (κ1) is 15.3. The van der Waals surface area contributed by atoms with Gasteiger partial charge in [0.05, 0.1) is 0 Å². The third-order valence-electron chi connectivity index (χ3n) is 4.35. The summed E-state index contributed by atoms with van der Waals surface area (Å²) in [4.78, 5) is 17.2. The Kier molecular flexibility index (Phi) is 4.13. The van der Waals surface area contributed by atoms with Crippen LogP contribution in [0.5, 0.6) is 0 Å². The molecule has 0 amide bonds. The summed E-state index contributed by atoms with van der Waals surface area (Å²) < 4.78 is 5.50. The molecule has 1 atom stereocenters. The van der Waals surface area contributed by atoms with Gasteiger partial charge in [0.15, 0.2) is 6.04 Å². The van der Waals surface area contributed by atoms with E-state index in [9.17, 15) is 4.79 Å².